The molecule has 5 heteroatoms. The van der Waals surface area contributed by atoms with Crippen LogP contribution in [0.1, 0.15) is 12.8 Å². The average Bonchev–Trinajstić information content (AvgIpc) is 2.71. The molecule has 0 aromatic carbocycles. The molecule has 1 aromatic rings. The molecular formula is C9H13N3O2. The summed E-state index contributed by atoms with van der Waals surface area (Å²) in [6, 6.07) is 1.87. The zero-order valence-electron chi connectivity index (χ0n) is 7.81. The second kappa shape index (κ2) is 3.69. The van der Waals surface area contributed by atoms with E-state index in [0.29, 0.717) is 6.54 Å². The van der Waals surface area contributed by atoms with E-state index in [4.69, 9.17) is 5.11 Å². The average molecular weight is 195 g/mol. The lowest BCUT2D eigenvalue weighted by Gasteiger charge is -2.30. The van der Waals surface area contributed by atoms with Crippen molar-refractivity contribution < 1.29 is 9.90 Å². The number of aromatic nitrogens is 2. The first-order valence-electron chi connectivity index (χ1n) is 4.74. The van der Waals surface area contributed by atoms with Crippen molar-refractivity contribution in [3.05, 3.63) is 12.3 Å². The fourth-order valence-corrected chi connectivity index (χ4v) is 1.82. The molecule has 1 aromatic heterocycles. The molecule has 0 aliphatic carbocycles. The molecule has 0 amide bonds. The Morgan fingerprint density at radius 2 is 2.57 bits per heavy atom. The van der Waals surface area contributed by atoms with Gasteiger partial charge in [0.2, 0.25) is 0 Å². The van der Waals surface area contributed by atoms with Crippen LogP contribution in [0.15, 0.2) is 12.3 Å². The SMILES string of the molecule is O=C(O)C1CCCN(c2ccn[nH]2)C1. The molecule has 2 rings (SSSR count). The highest BCUT2D eigenvalue weighted by Gasteiger charge is 2.25. The van der Waals surface area contributed by atoms with E-state index in [-0.39, 0.29) is 5.92 Å². The first kappa shape index (κ1) is 9.05. The van der Waals surface area contributed by atoms with Crippen molar-refractivity contribution >= 4 is 11.8 Å². The summed E-state index contributed by atoms with van der Waals surface area (Å²) < 4.78 is 0. The van der Waals surface area contributed by atoms with Gasteiger partial charge in [0, 0.05) is 19.2 Å². The summed E-state index contributed by atoms with van der Waals surface area (Å²) in [6.45, 7) is 1.49. The van der Waals surface area contributed by atoms with Gasteiger partial charge in [0.1, 0.15) is 5.82 Å². The third kappa shape index (κ3) is 1.71. The van der Waals surface area contributed by atoms with Crippen molar-refractivity contribution in [2.75, 3.05) is 18.0 Å². The number of nitrogens with one attached hydrogen (secondary N) is 1. The highest BCUT2D eigenvalue weighted by molar-refractivity contribution is 5.71. The summed E-state index contributed by atoms with van der Waals surface area (Å²) in [4.78, 5) is 12.9. The number of piperidine rings is 1. The van der Waals surface area contributed by atoms with Crippen LogP contribution in [0.4, 0.5) is 5.82 Å². The maximum absolute atomic E-state index is 10.8. The standard InChI is InChI=1S/C9H13N3O2/c13-9(14)7-2-1-5-12(6-7)8-3-4-10-11-8/h3-4,7H,1-2,5-6H2,(H,10,11)(H,13,14). The minimum atomic E-state index is -0.700. The zero-order chi connectivity index (χ0) is 9.97. The van der Waals surface area contributed by atoms with Crippen LogP contribution in [-0.2, 0) is 4.79 Å². The summed E-state index contributed by atoms with van der Waals surface area (Å²) in [5, 5.41) is 15.6. The Balaban J connectivity index is 2.04. The van der Waals surface area contributed by atoms with Crippen LogP contribution in [-0.4, -0.2) is 34.4 Å². The lowest BCUT2D eigenvalue weighted by atomic mass is 9.98. The number of carbonyl (C=O) groups is 1. The monoisotopic (exact) mass is 195 g/mol. The van der Waals surface area contributed by atoms with E-state index in [1.807, 2.05) is 11.0 Å². The Hall–Kier alpha value is -1.52. The number of rotatable bonds is 2. The minimum Gasteiger partial charge on any atom is -0.481 e. The summed E-state index contributed by atoms with van der Waals surface area (Å²) in [6.07, 6.45) is 3.38. The molecule has 0 spiro atoms. The Bertz CT molecular complexity index is 310. The summed E-state index contributed by atoms with van der Waals surface area (Å²) in [5.74, 6) is -0.0304. The second-order valence-corrected chi connectivity index (χ2v) is 3.57. The van der Waals surface area contributed by atoms with Gasteiger partial charge in [-0.15, -0.1) is 0 Å². The maximum atomic E-state index is 10.8. The van der Waals surface area contributed by atoms with Gasteiger partial charge in [-0.05, 0) is 12.8 Å². The first-order valence-corrected chi connectivity index (χ1v) is 4.74. The third-order valence-corrected chi connectivity index (χ3v) is 2.60. The van der Waals surface area contributed by atoms with Crippen LogP contribution in [0.5, 0.6) is 0 Å². The predicted octanol–water partition coefficient (Wildman–Crippen LogP) is 0.711. The van der Waals surface area contributed by atoms with E-state index in [0.717, 1.165) is 25.2 Å². The van der Waals surface area contributed by atoms with Gasteiger partial charge in [0.15, 0.2) is 0 Å². The van der Waals surface area contributed by atoms with Gasteiger partial charge >= 0.3 is 5.97 Å². The molecule has 76 valence electrons. The Morgan fingerprint density at radius 1 is 1.71 bits per heavy atom. The number of carboxylic acid groups (broad SMARTS) is 1. The molecule has 1 aliphatic rings. The zero-order valence-corrected chi connectivity index (χ0v) is 7.81. The summed E-state index contributed by atoms with van der Waals surface area (Å²) in [7, 11) is 0. The molecule has 2 heterocycles. The van der Waals surface area contributed by atoms with Gasteiger partial charge in [0.05, 0.1) is 12.1 Å². The largest absolute Gasteiger partial charge is 0.481 e. The fourth-order valence-electron chi connectivity index (χ4n) is 1.82. The smallest absolute Gasteiger partial charge is 0.308 e. The minimum absolute atomic E-state index is 0.243. The van der Waals surface area contributed by atoms with Gasteiger partial charge < -0.3 is 10.0 Å². The van der Waals surface area contributed by atoms with Crippen LogP contribution in [0.3, 0.4) is 0 Å². The lowest BCUT2D eigenvalue weighted by molar-refractivity contribution is -0.141. The van der Waals surface area contributed by atoms with Crippen molar-refractivity contribution in [3.63, 3.8) is 0 Å². The van der Waals surface area contributed by atoms with Crippen LogP contribution in [0.2, 0.25) is 0 Å². The quantitative estimate of drug-likeness (QED) is 0.729. The number of aliphatic carboxylic acids is 1. The van der Waals surface area contributed by atoms with Crippen molar-refractivity contribution in [2.24, 2.45) is 5.92 Å². The van der Waals surface area contributed by atoms with Crippen molar-refractivity contribution in [1.82, 2.24) is 10.2 Å². The number of hydrogen-bond donors (Lipinski definition) is 2. The van der Waals surface area contributed by atoms with Gasteiger partial charge in [-0.3, -0.25) is 9.89 Å². The van der Waals surface area contributed by atoms with Gasteiger partial charge in [-0.1, -0.05) is 0 Å². The number of hydrogen-bond acceptors (Lipinski definition) is 3. The highest BCUT2D eigenvalue weighted by atomic mass is 16.4. The molecule has 1 unspecified atom stereocenters. The van der Waals surface area contributed by atoms with E-state index in [9.17, 15) is 4.79 Å². The first-order chi connectivity index (χ1) is 6.77. The maximum Gasteiger partial charge on any atom is 0.308 e. The van der Waals surface area contributed by atoms with Crippen molar-refractivity contribution in [2.45, 2.75) is 12.8 Å². The Morgan fingerprint density at radius 3 is 3.21 bits per heavy atom. The summed E-state index contributed by atoms with van der Waals surface area (Å²) >= 11 is 0. The number of H-pyrrole nitrogens is 1. The highest BCUT2D eigenvalue weighted by Crippen LogP contribution is 2.20. The normalized spacial score (nSPS) is 22.3. The summed E-state index contributed by atoms with van der Waals surface area (Å²) in [5.41, 5.74) is 0. The van der Waals surface area contributed by atoms with Crippen molar-refractivity contribution in [3.8, 4) is 0 Å². The molecule has 1 atom stereocenters. The van der Waals surface area contributed by atoms with Crippen LogP contribution in [0, 0.1) is 5.92 Å². The van der Waals surface area contributed by atoms with Crippen molar-refractivity contribution in [1.29, 1.82) is 0 Å². The number of carboxylic acids is 1. The molecule has 5 nitrogen and oxygen atoms in total. The van der Waals surface area contributed by atoms with Gasteiger partial charge in [0.25, 0.3) is 0 Å². The molecule has 0 radical (unpaired) electrons. The number of anilines is 1. The molecule has 1 saturated heterocycles. The van der Waals surface area contributed by atoms with E-state index in [2.05, 4.69) is 10.2 Å². The van der Waals surface area contributed by atoms with E-state index >= 15 is 0 Å². The van der Waals surface area contributed by atoms with E-state index < -0.39 is 5.97 Å². The van der Waals surface area contributed by atoms with Crippen LogP contribution < -0.4 is 4.90 Å². The molecule has 0 bridgehead atoms. The van der Waals surface area contributed by atoms with E-state index in [1.165, 1.54) is 0 Å². The third-order valence-electron chi connectivity index (χ3n) is 2.60. The molecule has 0 saturated carbocycles. The lowest BCUT2D eigenvalue weighted by Crippen LogP contribution is -2.38. The van der Waals surface area contributed by atoms with E-state index in [1.54, 1.807) is 6.20 Å². The van der Waals surface area contributed by atoms with Gasteiger partial charge in [-0.25, -0.2) is 0 Å². The number of aromatic amines is 1. The van der Waals surface area contributed by atoms with Crippen LogP contribution in [0.25, 0.3) is 0 Å². The molecule has 2 N–H and O–H groups in total. The Kier molecular flexibility index (Phi) is 2.39. The molecule has 1 fully saturated rings. The number of nitrogens with zero attached hydrogens (tertiary/aromatic N) is 2. The fraction of sp³-hybridized carbons (Fsp3) is 0.556. The molecular weight excluding hydrogens is 182 g/mol. The molecule has 1 aliphatic heterocycles. The topological polar surface area (TPSA) is 69.2 Å². The second-order valence-electron chi connectivity index (χ2n) is 3.57. The Labute approximate surface area is 81.7 Å². The van der Waals surface area contributed by atoms with Gasteiger partial charge in [-0.2, -0.15) is 5.10 Å². The van der Waals surface area contributed by atoms with Crippen LogP contribution >= 0.6 is 0 Å². The predicted molar refractivity (Wildman–Crippen MR) is 51.2 cm³/mol. The molecule has 14 heavy (non-hydrogen) atoms.